The molecular weight excluding hydrogens is 288 g/mol. The Labute approximate surface area is 130 Å². The van der Waals surface area contributed by atoms with E-state index in [4.69, 9.17) is 4.74 Å². The molecule has 1 saturated carbocycles. The monoisotopic (exact) mass is 314 g/mol. The summed E-state index contributed by atoms with van der Waals surface area (Å²) in [6.07, 6.45) is 1.61. The van der Waals surface area contributed by atoms with Crippen LogP contribution in [0.4, 0.5) is 4.79 Å². The van der Waals surface area contributed by atoms with Gasteiger partial charge in [-0.3, -0.25) is 9.69 Å². The zero-order valence-electron chi connectivity index (χ0n) is 13.5. The fourth-order valence-corrected chi connectivity index (χ4v) is 3.10. The normalized spacial score (nSPS) is 20.7. The van der Waals surface area contributed by atoms with Crippen LogP contribution in [0.15, 0.2) is 0 Å². The van der Waals surface area contributed by atoms with Gasteiger partial charge in [-0.15, -0.1) is 0 Å². The summed E-state index contributed by atoms with van der Waals surface area (Å²) < 4.78 is 5.33. The maximum absolute atomic E-state index is 12.1. The Morgan fingerprint density at radius 1 is 1.32 bits per heavy atom. The van der Waals surface area contributed by atoms with Crippen molar-refractivity contribution in [3.63, 3.8) is 0 Å². The molecule has 0 spiro atoms. The highest BCUT2D eigenvalue weighted by atomic mass is 16.6. The lowest BCUT2D eigenvalue weighted by Gasteiger charge is -2.55. The van der Waals surface area contributed by atoms with Crippen LogP contribution in [0.25, 0.3) is 0 Å². The predicted molar refractivity (Wildman–Crippen MR) is 79.6 cm³/mol. The van der Waals surface area contributed by atoms with E-state index in [-0.39, 0.29) is 13.0 Å². The summed E-state index contributed by atoms with van der Waals surface area (Å²) in [6, 6.07) is 0.326. The number of nitrogens with zero attached hydrogens (tertiary/aromatic N) is 2. The maximum atomic E-state index is 12.1. The first kappa shape index (κ1) is 17.0. The van der Waals surface area contributed by atoms with E-state index < -0.39 is 23.2 Å². The Balaban J connectivity index is 2.04. The second-order valence-electron chi connectivity index (χ2n) is 7.28. The van der Waals surface area contributed by atoms with E-state index in [9.17, 15) is 19.8 Å². The Morgan fingerprint density at radius 2 is 1.91 bits per heavy atom. The van der Waals surface area contributed by atoms with E-state index in [1.165, 1.54) is 0 Å². The van der Waals surface area contributed by atoms with Crippen molar-refractivity contribution in [1.29, 1.82) is 0 Å². The average Bonchev–Trinajstić information content (AvgIpc) is 3.11. The highest BCUT2D eigenvalue weighted by Crippen LogP contribution is 2.40. The molecule has 0 unspecified atom stereocenters. The van der Waals surface area contributed by atoms with Crippen LogP contribution < -0.4 is 0 Å². The van der Waals surface area contributed by atoms with Gasteiger partial charge in [0.25, 0.3) is 0 Å². The van der Waals surface area contributed by atoms with Crippen LogP contribution in [0.2, 0.25) is 0 Å². The number of amides is 1. The van der Waals surface area contributed by atoms with Crippen LogP contribution >= 0.6 is 0 Å². The summed E-state index contributed by atoms with van der Waals surface area (Å²) in [6.45, 7) is 6.52. The molecule has 1 saturated heterocycles. The first-order valence-electron chi connectivity index (χ1n) is 7.74. The number of hydrogen-bond donors (Lipinski definition) is 2. The molecule has 1 aliphatic heterocycles. The lowest BCUT2D eigenvalue weighted by atomic mass is 9.84. The number of aliphatic hydroxyl groups excluding tert-OH is 1. The SMILES string of the molecule is CC(C)(C)OC(=O)N1CC(CC(=O)O)(N(CCO)C2CC2)C1. The Hall–Kier alpha value is -1.34. The van der Waals surface area contributed by atoms with Gasteiger partial charge in [0, 0.05) is 25.7 Å². The van der Waals surface area contributed by atoms with Crippen molar-refractivity contribution >= 4 is 12.1 Å². The van der Waals surface area contributed by atoms with Crippen molar-refractivity contribution in [3.8, 4) is 0 Å². The van der Waals surface area contributed by atoms with Crippen molar-refractivity contribution in [2.75, 3.05) is 26.2 Å². The number of carboxylic acids is 1. The molecule has 22 heavy (non-hydrogen) atoms. The number of carbonyl (C=O) groups excluding carboxylic acids is 1. The van der Waals surface area contributed by atoms with Crippen molar-refractivity contribution in [2.45, 2.75) is 57.2 Å². The molecule has 1 aliphatic carbocycles. The quantitative estimate of drug-likeness (QED) is 0.757. The number of aliphatic hydroxyl groups is 1. The van der Waals surface area contributed by atoms with Crippen LogP contribution in [0.1, 0.15) is 40.0 Å². The number of ether oxygens (including phenoxy) is 1. The molecule has 2 aliphatic rings. The van der Waals surface area contributed by atoms with Gasteiger partial charge in [-0.05, 0) is 33.6 Å². The highest BCUT2D eigenvalue weighted by Gasteiger charge is 2.54. The third-order valence-electron chi connectivity index (χ3n) is 4.04. The highest BCUT2D eigenvalue weighted by molar-refractivity contribution is 5.73. The lowest BCUT2D eigenvalue weighted by Crippen LogP contribution is -2.72. The van der Waals surface area contributed by atoms with E-state index in [0.717, 1.165) is 12.8 Å². The molecule has 7 heteroatoms. The fourth-order valence-electron chi connectivity index (χ4n) is 3.10. The van der Waals surface area contributed by atoms with Gasteiger partial charge in [0.15, 0.2) is 0 Å². The molecule has 0 aromatic rings. The minimum Gasteiger partial charge on any atom is -0.481 e. The van der Waals surface area contributed by atoms with Crippen LogP contribution in [0, 0.1) is 0 Å². The number of carboxylic acid groups (broad SMARTS) is 1. The molecule has 1 heterocycles. The van der Waals surface area contributed by atoms with E-state index in [1.807, 2.05) is 0 Å². The molecular formula is C15H26N2O5. The van der Waals surface area contributed by atoms with Crippen LogP contribution in [-0.2, 0) is 9.53 Å². The first-order valence-corrected chi connectivity index (χ1v) is 7.74. The lowest BCUT2D eigenvalue weighted by molar-refractivity contribution is -0.146. The van der Waals surface area contributed by atoms with Gasteiger partial charge in [-0.25, -0.2) is 4.79 Å². The van der Waals surface area contributed by atoms with Gasteiger partial charge in [0.1, 0.15) is 5.60 Å². The van der Waals surface area contributed by atoms with Gasteiger partial charge in [0.05, 0.1) is 18.6 Å². The van der Waals surface area contributed by atoms with Gasteiger partial charge < -0.3 is 19.8 Å². The molecule has 0 atom stereocenters. The molecule has 2 N–H and O–H groups in total. The van der Waals surface area contributed by atoms with Crippen molar-refractivity contribution < 1.29 is 24.5 Å². The summed E-state index contributed by atoms with van der Waals surface area (Å²) in [5, 5.41) is 18.5. The zero-order valence-corrected chi connectivity index (χ0v) is 13.5. The van der Waals surface area contributed by atoms with E-state index in [0.29, 0.717) is 25.7 Å². The molecule has 1 amide bonds. The first-order chi connectivity index (χ1) is 10.2. The molecule has 7 nitrogen and oxygen atoms in total. The molecule has 0 bridgehead atoms. The van der Waals surface area contributed by atoms with E-state index in [2.05, 4.69) is 4.90 Å². The summed E-state index contributed by atoms with van der Waals surface area (Å²) in [5.41, 5.74) is -1.14. The average molecular weight is 314 g/mol. The number of likely N-dealkylation sites (tertiary alicyclic amines) is 1. The number of hydrogen-bond acceptors (Lipinski definition) is 5. The molecule has 0 aromatic heterocycles. The van der Waals surface area contributed by atoms with Crippen LogP contribution in [0.5, 0.6) is 0 Å². The molecule has 0 radical (unpaired) electrons. The number of β-amino-alcohol motifs (C(OH)–C–C–N with tert-alkyl or cyclic N) is 1. The Bertz CT molecular complexity index is 436. The van der Waals surface area contributed by atoms with Crippen molar-refractivity contribution in [1.82, 2.24) is 9.80 Å². The smallest absolute Gasteiger partial charge is 0.410 e. The minimum atomic E-state index is -0.882. The Morgan fingerprint density at radius 3 is 2.32 bits per heavy atom. The van der Waals surface area contributed by atoms with Gasteiger partial charge in [0.2, 0.25) is 0 Å². The topological polar surface area (TPSA) is 90.3 Å². The summed E-state index contributed by atoms with van der Waals surface area (Å²) >= 11 is 0. The van der Waals surface area contributed by atoms with Crippen molar-refractivity contribution in [2.24, 2.45) is 0 Å². The summed E-state index contributed by atoms with van der Waals surface area (Å²) in [4.78, 5) is 26.9. The third-order valence-corrected chi connectivity index (χ3v) is 4.04. The number of rotatable bonds is 6. The minimum absolute atomic E-state index is 0.00962. The Kier molecular flexibility index (Phi) is 4.67. The van der Waals surface area contributed by atoms with Gasteiger partial charge in [-0.1, -0.05) is 0 Å². The van der Waals surface area contributed by atoms with E-state index in [1.54, 1.807) is 25.7 Å². The molecule has 2 rings (SSSR count). The second-order valence-corrected chi connectivity index (χ2v) is 7.28. The van der Waals surface area contributed by atoms with Crippen LogP contribution in [-0.4, -0.2) is 75.5 Å². The standard InChI is InChI=1S/C15H26N2O5/c1-14(2,3)22-13(21)16-9-15(10-16,8-12(19)20)17(6-7-18)11-4-5-11/h11,18H,4-10H2,1-3H3,(H,19,20). The number of carbonyl (C=O) groups is 2. The summed E-state index contributed by atoms with van der Waals surface area (Å²) in [5.74, 6) is -0.882. The summed E-state index contributed by atoms with van der Waals surface area (Å²) in [7, 11) is 0. The van der Waals surface area contributed by atoms with E-state index >= 15 is 0 Å². The van der Waals surface area contributed by atoms with Gasteiger partial charge in [-0.2, -0.15) is 0 Å². The largest absolute Gasteiger partial charge is 0.481 e. The van der Waals surface area contributed by atoms with Crippen molar-refractivity contribution in [3.05, 3.63) is 0 Å². The predicted octanol–water partition coefficient (Wildman–Crippen LogP) is 0.907. The zero-order chi connectivity index (χ0) is 16.5. The fraction of sp³-hybridized carbons (Fsp3) is 0.867. The number of aliphatic carboxylic acids is 1. The molecule has 0 aromatic carbocycles. The van der Waals surface area contributed by atoms with Crippen LogP contribution in [0.3, 0.4) is 0 Å². The molecule has 126 valence electrons. The third kappa shape index (κ3) is 3.89. The maximum Gasteiger partial charge on any atom is 0.410 e. The van der Waals surface area contributed by atoms with Gasteiger partial charge >= 0.3 is 12.1 Å². The second kappa shape index (κ2) is 6.04. The molecule has 2 fully saturated rings.